The number of hydrogen-bond donors (Lipinski definition) is 0. The molecule has 0 aromatic heterocycles. The van der Waals surface area contributed by atoms with Gasteiger partial charge in [-0.3, -0.25) is 0 Å². The highest BCUT2D eigenvalue weighted by Crippen LogP contribution is 2.53. The van der Waals surface area contributed by atoms with Crippen molar-refractivity contribution in [1.82, 2.24) is 0 Å². The lowest BCUT2D eigenvalue weighted by Gasteiger charge is -2.34. The summed E-state index contributed by atoms with van der Waals surface area (Å²) in [5.41, 5.74) is 0. The monoisotopic (exact) mass is 786 g/mol. The van der Waals surface area contributed by atoms with E-state index in [-0.39, 0.29) is 6.92 Å². The van der Waals surface area contributed by atoms with Crippen LogP contribution in [-0.4, -0.2) is 53.9 Å². The zero-order valence-corrected chi connectivity index (χ0v) is 21.9. The Bertz CT molecular complexity index is 1140. The van der Waals surface area contributed by atoms with Crippen LogP contribution in [0.1, 0.15) is 20.8 Å². The van der Waals surface area contributed by atoms with Gasteiger partial charge in [0.25, 0.3) is 0 Å². The standard InChI is InChI=1S/C7H3F11O.C6H3F9O.C5H3F7O/c1-4(11,12)5(13,14)6(15,16)7(17,18)19-3(10)2(8)9;1-4(10,11)5(12,13)6(14,15)16-3(9)2(7)8;1-4(9,10)5(11,12)13-3(8)2(6)7/h1H3;1H3;1H3. The Morgan fingerprint density at radius 3 is 0.688 bits per heavy atom. The molecule has 0 atom stereocenters. The van der Waals surface area contributed by atoms with E-state index in [4.69, 9.17) is 0 Å². The summed E-state index contributed by atoms with van der Waals surface area (Å²) in [6.07, 6.45) is -28.4. The van der Waals surface area contributed by atoms with Crippen molar-refractivity contribution in [2.24, 2.45) is 0 Å². The molecule has 0 saturated heterocycles. The number of ether oxygens (including phenoxy) is 3. The van der Waals surface area contributed by atoms with E-state index in [2.05, 4.69) is 9.47 Å². The zero-order valence-electron chi connectivity index (χ0n) is 21.9. The summed E-state index contributed by atoms with van der Waals surface area (Å²) in [6.45, 7) is -1.72. The molecular formula is C18H9F27O3. The molecule has 0 spiro atoms. The van der Waals surface area contributed by atoms with Crippen molar-refractivity contribution in [3.63, 3.8) is 0 Å². The van der Waals surface area contributed by atoms with Crippen molar-refractivity contribution in [3.05, 3.63) is 36.3 Å². The Kier molecular flexibility index (Phi) is 15.9. The smallest absolute Gasteiger partial charge is 0.398 e. The number of hydrogen-bond acceptors (Lipinski definition) is 3. The van der Waals surface area contributed by atoms with Gasteiger partial charge in [0, 0.05) is 20.8 Å². The second-order valence-corrected chi connectivity index (χ2v) is 7.85. The average molecular weight is 786 g/mol. The third kappa shape index (κ3) is 12.3. The summed E-state index contributed by atoms with van der Waals surface area (Å²) in [5, 5.41) is 0. The molecule has 48 heavy (non-hydrogen) atoms. The van der Waals surface area contributed by atoms with E-state index in [0.717, 1.165) is 0 Å². The summed E-state index contributed by atoms with van der Waals surface area (Å²) in [6, 6.07) is -9.97. The lowest BCUT2D eigenvalue weighted by Crippen LogP contribution is -2.61. The number of alkyl halides is 18. The highest BCUT2D eigenvalue weighted by atomic mass is 19.4. The summed E-state index contributed by atoms with van der Waals surface area (Å²) in [7, 11) is 0. The van der Waals surface area contributed by atoms with Gasteiger partial charge in [-0.05, 0) is 0 Å². The van der Waals surface area contributed by atoms with Gasteiger partial charge in [-0.2, -0.15) is 119 Å². The fourth-order valence-corrected chi connectivity index (χ4v) is 1.39. The molecule has 0 aliphatic carbocycles. The zero-order chi connectivity index (χ0) is 40.1. The molecule has 0 bridgehead atoms. The minimum absolute atomic E-state index is 0.295. The van der Waals surface area contributed by atoms with Crippen molar-refractivity contribution in [1.29, 1.82) is 0 Å². The highest BCUT2D eigenvalue weighted by molar-refractivity contribution is 5.00. The predicted octanol–water partition coefficient (Wildman–Crippen LogP) is 11.8. The van der Waals surface area contributed by atoms with Crippen LogP contribution in [0.25, 0.3) is 0 Å². The van der Waals surface area contributed by atoms with Gasteiger partial charge in [-0.25, -0.2) is 0 Å². The van der Waals surface area contributed by atoms with Gasteiger partial charge in [0.1, 0.15) is 0 Å². The molecule has 0 unspecified atom stereocenters. The van der Waals surface area contributed by atoms with Crippen molar-refractivity contribution in [2.75, 3.05) is 0 Å². The molecule has 0 radical (unpaired) electrons. The van der Waals surface area contributed by atoms with E-state index in [1.165, 1.54) is 0 Å². The third-order valence-corrected chi connectivity index (χ3v) is 3.84. The van der Waals surface area contributed by atoms with Crippen LogP contribution >= 0.6 is 0 Å². The minimum Gasteiger partial charge on any atom is -0.398 e. The van der Waals surface area contributed by atoms with E-state index >= 15 is 0 Å². The molecule has 0 aromatic carbocycles. The van der Waals surface area contributed by atoms with E-state index < -0.39 is 104 Å². The number of rotatable bonds is 12. The quantitative estimate of drug-likeness (QED) is 0.146. The molecule has 30 heteroatoms. The highest BCUT2D eigenvalue weighted by Gasteiger charge is 2.81. The number of halogens is 27. The maximum atomic E-state index is 12.6. The summed E-state index contributed by atoms with van der Waals surface area (Å²) >= 11 is 0. The lowest BCUT2D eigenvalue weighted by molar-refractivity contribution is -0.421. The molecule has 0 heterocycles. The second-order valence-electron chi connectivity index (χ2n) is 7.85. The van der Waals surface area contributed by atoms with Gasteiger partial charge in [-0.15, -0.1) is 0 Å². The van der Waals surface area contributed by atoms with Crippen LogP contribution in [0.5, 0.6) is 0 Å². The van der Waals surface area contributed by atoms with Gasteiger partial charge < -0.3 is 14.2 Å². The Hall–Kier alpha value is -3.27. The third-order valence-electron chi connectivity index (χ3n) is 3.84. The SMILES string of the molecule is CC(F)(F)C(F)(F)C(F)(F)C(F)(F)OC(F)=C(F)F.CC(F)(F)C(F)(F)C(F)(F)OC(F)=C(F)F.CC(F)(F)C(F)(F)OC(F)=C(F)F. The van der Waals surface area contributed by atoms with Crippen LogP contribution in [-0.2, 0) is 14.2 Å². The summed E-state index contributed by atoms with van der Waals surface area (Å²) in [5.74, 6) is -35.5. The van der Waals surface area contributed by atoms with E-state index in [0.29, 0.717) is 0 Å². The fourth-order valence-electron chi connectivity index (χ4n) is 1.39. The predicted molar refractivity (Wildman–Crippen MR) is 95.9 cm³/mol. The molecule has 0 fully saturated rings. The molecule has 0 saturated carbocycles. The molecular weight excluding hydrogens is 777 g/mol. The molecule has 0 aliphatic heterocycles. The molecule has 0 rings (SSSR count). The van der Waals surface area contributed by atoms with Crippen LogP contribution in [0.4, 0.5) is 119 Å². The maximum absolute atomic E-state index is 12.6. The van der Waals surface area contributed by atoms with Crippen molar-refractivity contribution in [2.45, 2.75) is 74.6 Å². The molecule has 0 amide bonds. The van der Waals surface area contributed by atoms with Crippen LogP contribution in [0.2, 0.25) is 0 Å². The first-order chi connectivity index (χ1) is 20.5. The van der Waals surface area contributed by atoms with Crippen molar-refractivity contribution in [3.8, 4) is 0 Å². The fraction of sp³-hybridized carbons (Fsp3) is 0.667. The van der Waals surface area contributed by atoms with E-state index in [1.807, 2.05) is 4.74 Å². The van der Waals surface area contributed by atoms with Crippen LogP contribution in [0.3, 0.4) is 0 Å². The molecule has 0 aliphatic rings. The van der Waals surface area contributed by atoms with Gasteiger partial charge in [-0.1, -0.05) is 0 Å². The van der Waals surface area contributed by atoms with Gasteiger partial charge in [0.05, 0.1) is 0 Å². The largest absolute Gasteiger partial charge is 0.472 e. The first kappa shape index (κ1) is 49.1. The topological polar surface area (TPSA) is 27.7 Å². The maximum Gasteiger partial charge on any atom is 0.472 e. The summed E-state index contributed by atoms with van der Waals surface area (Å²) < 4.78 is 329. The van der Waals surface area contributed by atoms with Gasteiger partial charge >= 0.3 is 90.1 Å². The molecule has 3 nitrogen and oxygen atoms in total. The van der Waals surface area contributed by atoms with Crippen LogP contribution in [0.15, 0.2) is 36.3 Å². The first-order valence-corrected chi connectivity index (χ1v) is 10.1. The first-order valence-electron chi connectivity index (χ1n) is 10.1. The van der Waals surface area contributed by atoms with Gasteiger partial charge in [0.15, 0.2) is 0 Å². The minimum atomic E-state index is -6.95. The lowest BCUT2D eigenvalue weighted by atomic mass is 10.1. The normalized spacial score (nSPS) is 13.6. The summed E-state index contributed by atoms with van der Waals surface area (Å²) in [4.78, 5) is 0. The van der Waals surface area contributed by atoms with Crippen molar-refractivity contribution < 1.29 is 133 Å². The van der Waals surface area contributed by atoms with Crippen LogP contribution in [0, 0.1) is 0 Å². The Labute approximate surface area is 245 Å². The molecule has 288 valence electrons. The van der Waals surface area contributed by atoms with Gasteiger partial charge in [0.2, 0.25) is 0 Å². The second kappa shape index (κ2) is 15.5. The van der Waals surface area contributed by atoms with E-state index in [9.17, 15) is 119 Å². The Balaban J connectivity index is -0.000000645. The molecule has 0 aromatic rings. The van der Waals surface area contributed by atoms with E-state index in [1.54, 1.807) is 0 Å². The average Bonchev–Trinajstić information content (AvgIpc) is 2.81. The van der Waals surface area contributed by atoms with Crippen molar-refractivity contribution >= 4 is 0 Å². The Morgan fingerprint density at radius 2 is 0.500 bits per heavy atom. The Morgan fingerprint density at radius 1 is 0.292 bits per heavy atom. The molecule has 0 N–H and O–H groups in total. The van der Waals surface area contributed by atoms with Crippen LogP contribution < -0.4 is 0 Å².